The molecule has 0 saturated carbocycles. The standard InChI is InChI=1S/C15H24N2O4.ClH/c1-19-12-7-6-11(14(20-2)15(12)21-3)8-10-17-13(18)5-4-9-16;/h6-7H,4-5,8-10,16H2,1-3H3,(H,17,18);1H. The molecule has 3 N–H and O–H groups in total. The molecule has 6 nitrogen and oxygen atoms in total. The number of carbonyl (C=O) groups is 1. The van der Waals surface area contributed by atoms with Gasteiger partial charge in [-0.1, -0.05) is 6.07 Å². The zero-order chi connectivity index (χ0) is 15.7. The first-order chi connectivity index (χ1) is 10.2. The van der Waals surface area contributed by atoms with Crippen LogP contribution in [0, 0.1) is 0 Å². The molecule has 0 heterocycles. The molecule has 0 aliphatic rings. The summed E-state index contributed by atoms with van der Waals surface area (Å²) in [5.74, 6) is 1.82. The summed E-state index contributed by atoms with van der Waals surface area (Å²) in [5, 5.41) is 2.86. The fourth-order valence-electron chi connectivity index (χ4n) is 2.05. The van der Waals surface area contributed by atoms with Crippen LogP contribution in [-0.2, 0) is 11.2 Å². The number of nitrogens with two attached hydrogens (primary N) is 1. The lowest BCUT2D eigenvalue weighted by Gasteiger charge is -2.15. The topological polar surface area (TPSA) is 82.8 Å². The molecule has 7 heteroatoms. The summed E-state index contributed by atoms with van der Waals surface area (Å²) in [7, 11) is 4.73. The van der Waals surface area contributed by atoms with Crippen molar-refractivity contribution in [3.05, 3.63) is 17.7 Å². The minimum absolute atomic E-state index is 0. The van der Waals surface area contributed by atoms with E-state index in [1.54, 1.807) is 21.3 Å². The Morgan fingerprint density at radius 1 is 1.14 bits per heavy atom. The number of ether oxygens (including phenoxy) is 3. The van der Waals surface area contributed by atoms with Gasteiger partial charge in [-0.25, -0.2) is 0 Å². The number of hydrogen-bond donors (Lipinski definition) is 2. The molecule has 1 amide bonds. The largest absolute Gasteiger partial charge is 0.493 e. The van der Waals surface area contributed by atoms with E-state index in [1.807, 2.05) is 12.1 Å². The summed E-state index contributed by atoms with van der Waals surface area (Å²) >= 11 is 0. The fourth-order valence-corrected chi connectivity index (χ4v) is 2.05. The van der Waals surface area contributed by atoms with Crippen LogP contribution in [-0.4, -0.2) is 40.3 Å². The lowest BCUT2D eigenvalue weighted by atomic mass is 10.1. The van der Waals surface area contributed by atoms with Gasteiger partial charge in [0, 0.05) is 18.5 Å². The van der Waals surface area contributed by atoms with E-state index in [9.17, 15) is 4.79 Å². The first kappa shape index (κ1) is 20.3. The predicted octanol–water partition coefficient (Wildman–Crippen LogP) is 1.53. The molecule has 1 aromatic carbocycles. The number of rotatable bonds is 9. The smallest absolute Gasteiger partial charge is 0.220 e. The lowest BCUT2D eigenvalue weighted by Crippen LogP contribution is -2.26. The van der Waals surface area contributed by atoms with Crippen LogP contribution in [0.4, 0.5) is 0 Å². The zero-order valence-corrected chi connectivity index (χ0v) is 14.1. The first-order valence-corrected chi connectivity index (χ1v) is 6.92. The summed E-state index contributed by atoms with van der Waals surface area (Å²) in [4.78, 5) is 11.5. The highest BCUT2D eigenvalue weighted by atomic mass is 35.5. The van der Waals surface area contributed by atoms with Gasteiger partial charge in [0.25, 0.3) is 0 Å². The van der Waals surface area contributed by atoms with E-state index in [0.29, 0.717) is 49.6 Å². The van der Waals surface area contributed by atoms with Crippen LogP contribution in [0.5, 0.6) is 17.2 Å². The third kappa shape index (κ3) is 5.61. The maximum atomic E-state index is 11.5. The second-order valence-corrected chi connectivity index (χ2v) is 4.49. The molecule has 0 unspecified atom stereocenters. The molecule has 0 spiro atoms. The minimum atomic E-state index is 0. The van der Waals surface area contributed by atoms with Crippen LogP contribution >= 0.6 is 12.4 Å². The molecule has 1 rings (SSSR count). The molecular formula is C15H25ClN2O4. The van der Waals surface area contributed by atoms with Crippen molar-refractivity contribution in [3.63, 3.8) is 0 Å². The highest BCUT2D eigenvalue weighted by Gasteiger charge is 2.15. The van der Waals surface area contributed by atoms with Crippen LogP contribution in [0.15, 0.2) is 12.1 Å². The van der Waals surface area contributed by atoms with E-state index < -0.39 is 0 Å². The molecule has 0 aliphatic heterocycles. The van der Waals surface area contributed by atoms with Crippen LogP contribution in [0.25, 0.3) is 0 Å². The van der Waals surface area contributed by atoms with Crippen molar-refractivity contribution in [1.29, 1.82) is 0 Å². The molecule has 0 aromatic heterocycles. The van der Waals surface area contributed by atoms with Gasteiger partial charge in [0.15, 0.2) is 11.5 Å². The Morgan fingerprint density at radius 3 is 2.36 bits per heavy atom. The molecule has 0 atom stereocenters. The average Bonchev–Trinajstić information content (AvgIpc) is 2.51. The molecule has 0 fully saturated rings. The maximum absolute atomic E-state index is 11.5. The van der Waals surface area contributed by atoms with Gasteiger partial charge in [0.1, 0.15) is 0 Å². The van der Waals surface area contributed by atoms with Gasteiger partial charge in [0.2, 0.25) is 11.7 Å². The van der Waals surface area contributed by atoms with Gasteiger partial charge in [-0.2, -0.15) is 0 Å². The molecule has 0 bridgehead atoms. The van der Waals surface area contributed by atoms with E-state index in [-0.39, 0.29) is 18.3 Å². The highest BCUT2D eigenvalue weighted by Crippen LogP contribution is 2.39. The third-order valence-corrected chi connectivity index (χ3v) is 3.11. The van der Waals surface area contributed by atoms with Crippen molar-refractivity contribution >= 4 is 18.3 Å². The molecule has 1 aromatic rings. The van der Waals surface area contributed by atoms with Gasteiger partial charge in [-0.3, -0.25) is 4.79 Å². The SMILES string of the molecule is COc1ccc(CCNC(=O)CCCN)c(OC)c1OC.Cl. The van der Waals surface area contributed by atoms with E-state index in [4.69, 9.17) is 19.9 Å². The van der Waals surface area contributed by atoms with Crippen LogP contribution < -0.4 is 25.3 Å². The van der Waals surface area contributed by atoms with Crippen molar-refractivity contribution in [3.8, 4) is 17.2 Å². The highest BCUT2D eigenvalue weighted by molar-refractivity contribution is 5.85. The Labute approximate surface area is 137 Å². The van der Waals surface area contributed by atoms with E-state index in [0.717, 1.165) is 5.56 Å². The molecule has 126 valence electrons. The lowest BCUT2D eigenvalue weighted by molar-refractivity contribution is -0.121. The second-order valence-electron chi connectivity index (χ2n) is 4.49. The number of halogens is 1. The normalized spacial score (nSPS) is 9.64. The number of amides is 1. The Kier molecular flexibility index (Phi) is 10.2. The summed E-state index contributed by atoms with van der Waals surface area (Å²) in [6.07, 6.45) is 1.81. The van der Waals surface area contributed by atoms with Gasteiger partial charge in [0.05, 0.1) is 21.3 Å². The van der Waals surface area contributed by atoms with Crippen LogP contribution in [0.2, 0.25) is 0 Å². The van der Waals surface area contributed by atoms with Gasteiger partial charge in [-0.15, -0.1) is 12.4 Å². The summed E-state index contributed by atoms with van der Waals surface area (Å²) in [6.45, 7) is 1.06. The Hall–Kier alpha value is -1.66. The average molecular weight is 333 g/mol. The minimum Gasteiger partial charge on any atom is -0.493 e. The zero-order valence-electron chi connectivity index (χ0n) is 13.3. The number of carbonyl (C=O) groups excluding carboxylic acids is 1. The van der Waals surface area contributed by atoms with Crippen molar-refractivity contribution in [1.82, 2.24) is 5.32 Å². The van der Waals surface area contributed by atoms with Crippen molar-refractivity contribution in [2.75, 3.05) is 34.4 Å². The number of methoxy groups -OCH3 is 3. The number of nitrogens with one attached hydrogen (secondary N) is 1. The van der Waals surface area contributed by atoms with Crippen molar-refractivity contribution in [2.24, 2.45) is 5.73 Å². The number of hydrogen-bond acceptors (Lipinski definition) is 5. The Balaban J connectivity index is 0.00000441. The van der Waals surface area contributed by atoms with Crippen LogP contribution in [0.3, 0.4) is 0 Å². The second kappa shape index (κ2) is 11.0. The van der Waals surface area contributed by atoms with E-state index in [2.05, 4.69) is 5.32 Å². The van der Waals surface area contributed by atoms with Crippen molar-refractivity contribution < 1.29 is 19.0 Å². The Bertz CT molecular complexity index is 469. The molecule has 0 aliphatic carbocycles. The third-order valence-electron chi connectivity index (χ3n) is 3.11. The molecule has 0 radical (unpaired) electrons. The monoisotopic (exact) mass is 332 g/mol. The summed E-state index contributed by atoms with van der Waals surface area (Å²) in [5.41, 5.74) is 6.32. The van der Waals surface area contributed by atoms with Gasteiger partial charge in [-0.05, 0) is 25.5 Å². The maximum Gasteiger partial charge on any atom is 0.220 e. The summed E-state index contributed by atoms with van der Waals surface area (Å²) in [6, 6.07) is 3.74. The van der Waals surface area contributed by atoms with Gasteiger partial charge < -0.3 is 25.3 Å². The molecular weight excluding hydrogens is 308 g/mol. The van der Waals surface area contributed by atoms with Crippen molar-refractivity contribution in [2.45, 2.75) is 19.3 Å². The molecule has 0 saturated heterocycles. The summed E-state index contributed by atoms with van der Waals surface area (Å²) < 4.78 is 16.0. The van der Waals surface area contributed by atoms with E-state index >= 15 is 0 Å². The fraction of sp³-hybridized carbons (Fsp3) is 0.533. The number of benzene rings is 1. The molecule has 22 heavy (non-hydrogen) atoms. The van der Waals surface area contributed by atoms with Gasteiger partial charge >= 0.3 is 0 Å². The Morgan fingerprint density at radius 2 is 1.82 bits per heavy atom. The van der Waals surface area contributed by atoms with E-state index in [1.165, 1.54) is 0 Å². The first-order valence-electron chi connectivity index (χ1n) is 6.92. The van der Waals surface area contributed by atoms with Crippen LogP contribution in [0.1, 0.15) is 18.4 Å². The quantitative estimate of drug-likeness (QED) is 0.716. The predicted molar refractivity (Wildman–Crippen MR) is 88.3 cm³/mol.